The van der Waals surface area contributed by atoms with E-state index in [-0.39, 0.29) is 23.9 Å². The van der Waals surface area contributed by atoms with Crippen molar-refractivity contribution in [1.29, 1.82) is 0 Å². The minimum atomic E-state index is -0.0978. The number of nitrogens with zero attached hydrogens (tertiary/aromatic N) is 2. The summed E-state index contributed by atoms with van der Waals surface area (Å²) >= 11 is 0. The number of amides is 2. The van der Waals surface area contributed by atoms with Crippen LogP contribution in [0.5, 0.6) is 0 Å². The normalized spacial score (nSPS) is 26.0. The van der Waals surface area contributed by atoms with Crippen LogP contribution in [0.4, 0.5) is 0 Å². The zero-order valence-corrected chi connectivity index (χ0v) is 17.5. The molecule has 2 N–H and O–H groups in total. The molecule has 3 atom stereocenters. The fourth-order valence-corrected chi connectivity index (χ4v) is 4.98. The van der Waals surface area contributed by atoms with E-state index in [9.17, 15) is 9.59 Å². The predicted octanol–water partition coefficient (Wildman–Crippen LogP) is 1.54. The number of fused-ring (bicyclic) bond motifs is 1. The second-order valence-electron chi connectivity index (χ2n) is 8.85. The van der Waals surface area contributed by atoms with E-state index in [4.69, 9.17) is 0 Å². The van der Waals surface area contributed by atoms with Crippen molar-refractivity contribution >= 4 is 11.8 Å². The predicted molar refractivity (Wildman–Crippen MR) is 113 cm³/mol. The summed E-state index contributed by atoms with van der Waals surface area (Å²) in [7, 11) is 0. The Morgan fingerprint density at radius 2 is 2.00 bits per heavy atom. The van der Waals surface area contributed by atoms with Crippen molar-refractivity contribution in [3.05, 3.63) is 35.4 Å². The number of hydrogen-bond acceptors (Lipinski definition) is 4. The number of carbonyl (C=O) groups excluding carboxylic acids is 2. The van der Waals surface area contributed by atoms with Crippen LogP contribution in [-0.4, -0.2) is 66.4 Å². The average Bonchev–Trinajstić information content (AvgIpc) is 3.31. The zero-order chi connectivity index (χ0) is 20.2. The number of hydrogen-bond donors (Lipinski definition) is 2. The Labute approximate surface area is 174 Å². The van der Waals surface area contributed by atoms with Gasteiger partial charge in [-0.05, 0) is 62.6 Å². The molecule has 2 amide bonds. The molecule has 2 saturated heterocycles. The van der Waals surface area contributed by atoms with Gasteiger partial charge in [-0.2, -0.15) is 0 Å². The maximum Gasteiger partial charge on any atom is 0.239 e. The first-order valence-electron chi connectivity index (χ1n) is 11.2. The third-order valence-electron chi connectivity index (χ3n) is 6.84. The lowest BCUT2D eigenvalue weighted by Crippen LogP contribution is -2.52. The molecule has 3 unspecified atom stereocenters. The minimum absolute atomic E-state index is 0.0293. The van der Waals surface area contributed by atoms with E-state index in [0.29, 0.717) is 12.5 Å². The molecule has 3 aliphatic heterocycles. The summed E-state index contributed by atoms with van der Waals surface area (Å²) in [6.07, 6.45) is 5.11. The largest absolute Gasteiger partial charge is 0.354 e. The third-order valence-corrected chi connectivity index (χ3v) is 6.84. The van der Waals surface area contributed by atoms with Crippen LogP contribution in [-0.2, 0) is 22.6 Å². The molecule has 3 heterocycles. The molecular weight excluding hydrogens is 364 g/mol. The number of carbonyl (C=O) groups is 2. The Morgan fingerprint density at radius 3 is 2.79 bits per heavy atom. The highest BCUT2D eigenvalue weighted by Gasteiger charge is 2.32. The summed E-state index contributed by atoms with van der Waals surface area (Å²) in [5.41, 5.74) is 2.76. The van der Waals surface area contributed by atoms with Crippen LogP contribution >= 0.6 is 0 Å². The fraction of sp³-hybridized carbons (Fsp3) is 0.652. The number of nitrogens with one attached hydrogen (secondary N) is 2. The van der Waals surface area contributed by atoms with Crippen LogP contribution in [0.3, 0.4) is 0 Å². The molecule has 0 aliphatic carbocycles. The van der Waals surface area contributed by atoms with Crippen molar-refractivity contribution in [2.45, 2.75) is 57.7 Å². The molecule has 1 aromatic carbocycles. The van der Waals surface area contributed by atoms with Gasteiger partial charge in [0.2, 0.25) is 11.8 Å². The summed E-state index contributed by atoms with van der Waals surface area (Å²) in [6.45, 7) is 7.03. The zero-order valence-electron chi connectivity index (χ0n) is 17.5. The first-order valence-corrected chi connectivity index (χ1v) is 11.2. The molecule has 3 aliphatic rings. The average molecular weight is 399 g/mol. The topological polar surface area (TPSA) is 64.7 Å². The SMILES string of the molecule is CC(C(=O)N1CCCC(CNC(=O)C2CCCN2)C1)N1CCc2ccccc2C1. The Morgan fingerprint density at radius 1 is 1.17 bits per heavy atom. The second-order valence-corrected chi connectivity index (χ2v) is 8.85. The van der Waals surface area contributed by atoms with Gasteiger partial charge in [-0.15, -0.1) is 0 Å². The van der Waals surface area contributed by atoms with E-state index in [0.717, 1.165) is 64.8 Å². The monoisotopic (exact) mass is 398 g/mol. The molecule has 158 valence electrons. The van der Waals surface area contributed by atoms with Gasteiger partial charge >= 0.3 is 0 Å². The maximum absolute atomic E-state index is 13.2. The van der Waals surface area contributed by atoms with Crippen molar-refractivity contribution in [2.24, 2.45) is 5.92 Å². The molecule has 2 fully saturated rings. The van der Waals surface area contributed by atoms with E-state index in [1.165, 1.54) is 11.1 Å². The van der Waals surface area contributed by atoms with Crippen LogP contribution in [0.25, 0.3) is 0 Å². The van der Waals surface area contributed by atoms with Gasteiger partial charge in [0.15, 0.2) is 0 Å². The van der Waals surface area contributed by atoms with Crippen LogP contribution in [0.2, 0.25) is 0 Å². The molecule has 4 rings (SSSR count). The molecule has 0 saturated carbocycles. The maximum atomic E-state index is 13.2. The van der Waals surface area contributed by atoms with Crippen LogP contribution < -0.4 is 10.6 Å². The third kappa shape index (κ3) is 4.81. The van der Waals surface area contributed by atoms with Crippen LogP contribution in [0.1, 0.15) is 43.7 Å². The van der Waals surface area contributed by atoms with Crippen molar-refractivity contribution in [1.82, 2.24) is 20.4 Å². The lowest BCUT2D eigenvalue weighted by molar-refractivity contribution is -0.138. The van der Waals surface area contributed by atoms with E-state index in [2.05, 4.69) is 39.8 Å². The molecule has 0 spiro atoms. The first-order chi connectivity index (χ1) is 14.1. The Hall–Kier alpha value is -1.92. The van der Waals surface area contributed by atoms with Gasteiger partial charge in [0, 0.05) is 32.7 Å². The van der Waals surface area contributed by atoms with E-state index < -0.39 is 0 Å². The minimum Gasteiger partial charge on any atom is -0.354 e. The van der Waals surface area contributed by atoms with Crippen molar-refractivity contribution in [3.63, 3.8) is 0 Å². The van der Waals surface area contributed by atoms with Gasteiger partial charge in [-0.3, -0.25) is 14.5 Å². The molecule has 6 nitrogen and oxygen atoms in total. The summed E-state index contributed by atoms with van der Waals surface area (Å²) in [5.74, 6) is 0.705. The smallest absolute Gasteiger partial charge is 0.239 e. The summed E-state index contributed by atoms with van der Waals surface area (Å²) in [4.78, 5) is 29.8. The quantitative estimate of drug-likeness (QED) is 0.790. The number of likely N-dealkylation sites (tertiary alicyclic amines) is 1. The first kappa shape index (κ1) is 20.4. The Balaban J connectivity index is 1.28. The van der Waals surface area contributed by atoms with E-state index >= 15 is 0 Å². The van der Waals surface area contributed by atoms with E-state index in [1.807, 2.05) is 11.8 Å². The highest BCUT2D eigenvalue weighted by Crippen LogP contribution is 2.23. The van der Waals surface area contributed by atoms with Gasteiger partial charge in [-0.1, -0.05) is 24.3 Å². The number of rotatable bonds is 5. The molecule has 0 aromatic heterocycles. The molecule has 1 aromatic rings. The molecule has 0 bridgehead atoms. The lowest BCUT2D eigenvalue weighted by atomic mass is 9.96. The Kier molecular flexibility index (Phi) is 6.50. The van der Waals surface area contributed by atoms with Crippen molar-refractivity contribution in [2.75, 3.05) is 32.7 Å². The van der Waals surface area contributed by atoms with Gasteiger partial charge in [0.25, 0.3) is 0 Å². The number of piperidine rings is 1. The standard InChI is InChI=1S/C23H34N4O2/c1-17(26-13-10-19-7-2-3-8-20(19)16-26)23(29)27-12-5-6-18(15-27)14-25-22(28)21-9-4-11-24-21/h2-3,7-8,17-18,21,24H,4-6,9-16H2,1H3,(H,25,28). The van der Waals surface area contributed by atoms with Crippen LogP contribution in [0, 0.1) is 5.92 Å². The van der Waals surface area contributed by atoms with Gasteiger partial charge in [0.05, 0.1) is 12.1 Å². The molecule has 29 heavy (non-hydrogen) atoms. The Bertz CT molecular complexity index is 731. The van der Waals surface area contributed by atoms with Crippen molar-refractivity contribution in [3.8, 4) is 0 Å². The van der Waals surface area contributed by atoms with E-state index in [1.54, 1.807) is 0 Å². The lowest BCUT2D eigenvalue weighted by Gasteiger charge is -2.39. The fourth-order valence-electron chi connectivity index (χ4n) is 4.98. The molecule has 0 radical (unpaired) electrons. The molecule has 6 heteroatoms. The van der Waals surface area contributed by atoms with Gasteiger partial charge in [-0.25, -0.2) is 0 Å². The van der Waals surface area contributed by atoms with Gasteiger partial charge in [0.1, 0.15) is 0 Å². The van der Waals surface area contributed by atoms with Crippen LogP contribution in [0.15, 0.2) is 24.3 Å². The van der Waals surface area contributed by atoms with Crippen molar-refractivity contribution < 1.29 is 9.59 Å². The second kappa shape index (κ2) is 9.26. The number of benzene rings is 1. The molecular formula is C23H34N4O2. The highest BCUT2D eigenvalue weighted by molar-refractivity contribution is 5.82. The highest BCUT2D eigenvalue weighted by atomic mass is 16.2. The summed E-state index contributed by atoms with van der Waals surface area (Å²) < 4.78 is 0. The van der Waals surface area contributed by atoms with Gasteiger partial charge < -0.3 is 15.5 Å². The summed E-state index contributed by atoms with van der Waals surface area (Å²) in [5, 5.41) is 6.35. The summed E-state index contributed by atoms with van der Waals surface area (Å²) in [6, 6.07) is 8.43.